The number of anilines is 1. The summed E-state index contributed by atoms with van der Waals surface area (Å²) in [5.74, 6) is -0.253. The molecule has 1 heterocycles. The number of rotatable bonds is 3. The molecule has 1 aliphatic rings. The second-order valence-corrected chi connectivity index (χ2v) is 4.50. The summed E-state index contributed by atoms with van der Waals surface area (Å²) in [6.45, 7) is 2.55. The van der Waals surface area contributed by atoms with Crippen LogP contribution >= 0.6 is 0 Å². The maximum absolute atomic E-state index is 12.0. The molecule has 1 aliphatic heterocycles. The molecule has 0 radical (unpaired) electrons. The number of carbonyl (C=O) groups is 2. The number of benzene rings is 1. The van der Waals surface area contributed by atoms with Gasteiger partial charge in [0.1, 0.15) is 0 Å². The summed E-state index contributed by atoms with van der Waals surface area (Å²) in [4.78, 5) is 25.4. The van der Waals surface area contributed by atoms with Crippen LogP contribution in [0.4, 0.5) is 5.69 Å². The van der Waals surface area contributed by atoms with E-state index in [4.69, 9.17) is 0 Å². The van der Waals surface area contributed by atoms with Crippen molar-refractivity contribution in [1.29, 1.82) is 0 Å². The van der Waals surface area contributed by atoms with Crippen LogP contribution < -0.4 is 10.2 Å². The average Bonchev–Trinajstić information content (AvgIpc) is 2.79. The molecule has 4 nitrogen and oxygen atoms in total. The minimum atomic E-state index is -0.229. The SMILES string of the molecule is CCc1ccccc1N1CC(C(=O)NC)CC1=O. The van der Waals surface area contributed by atoms with Crippen LogP contribution in [-0.4, -0.2) is 25.4 Å². The molecule has 1 saturated heterocycles. The Morgan fingerprint density at radius 1 is 1.44 bits per heavy atom. The lowest BCUT2D eigenvalue weighted by Gasteiger charge is -2.19. The highest BCUT2D eigenvalue weighted by atomic mass is 16.2. The molecule has 0 bridgehead atoms. The normalized spacial score (nSPS) is 19.1. The lowest BCUT2D eigenvalue weighted by Crippen LogP contribution is -2.30. The van der Waals surface area contributed by atoms with Crippen LogP contribution in [-0.2, 0) is 16.0 Å². The molecule has 1 N–H and O–H groups in total. The zero-order valence-corrected chi connectivity index (χ0v) is 10.8. The zero-order chi connectivity index (χ0) is 13.1. The second kappa shape index (κ2) is 5.21. The van der Waals surface area contributed by atoms with Crippen molar-refractivity contribution in [3.63, 3.8) is 0 Å². The van der Waals surface area contributed by atoms with Gasteiger partial charge in [-0.3, -0.25) is 9.59 Å². The van der Waals surface area contributed by atoms with Gasteiger partial charge >= 0.3 is 0 Å². The average molecular weight is 246 g/mol. The van der Waals surface area contributed by atoms with Crippen LogP contribution in [0.3, 0.4) is 0 Å². The molecule has 1 aromatic carbocycles. The van der Waals surface area contributed by atoms with Gasteiger partial charge < -0.3 is 10.2 Å². The predicted octanol–water partition coefficient (Wildman–Crippen LogP) is 1.35. The lowest BCUT2D eigenvalue weighted by molar-refractivity contribution is -0.125. The van der Waals surface area contributed by atoms with Crippen LogP contribution in [0.2, 0.25) is 0 Å². The smallest absolute Gasteiger partial charge is 0.227 e. The van der Waals surface area contributed by atoms with Gasteiger partial charge in [0, 0.05) is 25.7 Å². The fourth-order valence-corrected chi connectivity index (χ4v) is 2.39. The third kappa shape index (κ3) is 2.23. The minimum Gasteiger partial charge on any atom is -0.359 e. The number of nitrogens with one attached hydrogen (secondary N) is 1. The van der Waals surface area contributed by atoms with Crippen molar-refractivity contribution in [2.24, 2.45) is 5.92 Å². The Morgan fingerprint density at radius 2 is 2.17 bits per heavy atom. The van der Waals surface area contributed by atoms with E-state index in [2.05, 4.69) is 12.2 Å². The van der Waals surface area contributed by atoms with E-state index in [0.717, 1.165) is 17.7 Å². The Morgan fingerprint density at radius 3 is 2.83 bits per heavy atom. The van der Waals surface area contributed by atoms with E-state index in [1.54, 1.807) is 11.9 Å². The molecular formula is C14H18N2O2. The van der Waals surface area contributed by atoms with E-state index in [1.165, 1.54) is 0 Å². The highest BCUT2D eigenvalue weighted by Crippen LogP contribution is 2.28. The first-order valence-corrected chi connectivity index (χ1v) is 6.27. The largest absolute Gasteiger partial charge is 0.359 e. The Hall–Kier alpha value is -1.84. The highest BCUT2D eigenvalue weighted by Gasteiger charge is 2.35. The topological polar surface area (TPSA) is 49.4 Å². The van der Waals surface area contributed by atoms with Crippen molar-refractivity contribution >= 4 is 17.5 Å². The molecule has 1 atom stereocenters. The molecule has 0 saturated carbocycles. The molecule has 18 heavy (non-hydrogen) atoms. The minimum absolute atomic E-state index is 0.0319. The first kappa shape index (κ1) is 12.6. The van der Waals surface area contributed by atoms with Crippen molar-refractivity contribution in [2.75, 3.05) is 18.5 Å². The third-order valence-electron chi connectivity index (χ3n) is 3.41. The fraction of sp³-hybridized carbons (Fsp3) is 0.429. The monoisotopic (exact) mass is 246 g/mol. The number of carbonyl (C=O) groups excluding carboxylic acids is 2. The van der Waals surface area contributed by atoms with Crippen LogP contribution in [0.25, 0.3) is 0 Å². The molecule has 96 valence electrons. The summed E-state index contributed by atoms with van der Waals surface area (Å²) < 4.78 is 0. The Kier molecular flexibility index (Phi) is 3.65. The van der Waals surface area contributed by atoms with Gasteiger partial charge in [-0.1, -0.05) is 25.1 Å². The molecular weight excluding hydrogens is 228 g/mol. The van der Waals surface area contributed by atoms with Gasteiger partial charge in [-0.15, -0.1) is 0 Å². The van der Waals surface area contributed by atoms with E-state index in [9.17, 15) is 9.59 Å². The molecule has 1 aromatic rings. The summed E-state index contributed by atoms with van der Waals surface area (Å²) in [6, 6.07) is 7.87. The molecule has 2 rings (SSSR count). The lowest BCUT2D eigenvalue weighted by atomic mass is 10.1. The number of nitrogens with zero attached hydrogens (tertiary/aromatic N) is 1. The number of amides is 2. The van der Waals surface area contributed by atoms with Gasteiger partial charge in [-0.25, -0.2) is 0 Å². The van der Waals surface area contributed by atoms with Crippen molar-refractivity contribution in [2.45, 2.75) is 19.8 Å². The van der Waals surface area contributed by atoms with Gasteiger partial charge in [0.25, 0.3) is 0 Å². The maximum atomic E-state index is 12.0. The Bertz CT molecular complexity index is 471. The predicted molar refractivity (Wildman–Crippen MR) is 70.3 cm³/mol. The van der Waals surface area contributed by atoms with E-state index in [0.29, 0.717) is 13.0 Å². The summed E-state index contributed by atoms with van der Waals surface area (Å²) >= 11 is 0. The van der Waals surface area contributed by atoms with E-state index < -0.39 is 0 Å². The van der Waals surface area contributed by atoms with Gasteiger partial charge in [-0.2, -0.15) is 0 Å². The van der Waals surface area contributed by atoms with Crippen LogP contribution in [0.15, 0.2) is 24.3 Å². The van der Waals surface area contributed by atoms with Crippen molar-refractivity contribution in [1.82, 2.24) is 5.32 Å². The summed E-state index contributed by atoms with van der Waals surface area (Å²) in [5.41, 5.74) is 2.08. The number of para-hydroxylation sites is 1. The molecule has 0 spiro atoms. The Labute approximate surface area is 107 Å². The van der Waals surface area contributed by atoms with Crippen molar-refractivity contribution in [3.8, 4) is 0 Å². The second-order valence-electron chi connectivity index (χ2n) is 4.50. The quantitative estimate of drug-likeness (QED) is 0.875. The molecule has 2 amide bonds. The molecule has 0 aromatic heterocycles. The van der Waals surface area contributed by atoms with Gasteiger partial charge in [0.2, 0.25) is 11.8 Å². The van der Waals surface area contributed by atoms with Crippen LogP contribution in [0.5, 0.6) is 0 Å². The Balaban J connectivity index is 2.24. The van der Waals surface area contributed by atoms with Gasteiger partial charge in [-0.05, 0) is 18.1 Å². The maximum Gasteiger partial charge on any atom is 0.227 e. The van der Waals surface area contributed by atoms with Crippen LogP contribution in [0, 0.1) is 5.92 Å². The first-order chi connectivity index (χ1) is 8.67. The molecule has 1 unspecified atom stereocenters. The standard InChI is InChI=1S/C14H18N2O2/c1-3-10-6-4-5-7-12(10)16-9-11(8-13(16)17)14(18)15-2/h4-7,11H,3,8-9H2,1-2H3,(H,15,18). The molecule has 4 heteroatoms. The van der Waals surface area contributed by atoms with Gasteiger partial charge in [0.05, 0.1) is 5.92 Å². The number of hydrogen-bond donors (Lipinski definition) is 1. The first-order valence-electron chi connectivity index (χ1n) is 6.27. The summed E-state index contributed by atoms with van der Waals surface area (Å²) in [5, 5.41) is 2.61. The van der Waals surface area contributed by atoms with Crippen molar-refractivity contribution < 1.29 is 9.59 Å². The van der Waals surface area contributed by atoms with Crippen LogP contribution in [0.1, 0.15) is 18.9 Å². The highest BCUT2D eigenvalue weighted by molar-refractivity contribution is 6.00. The van der Waals surface area contributed by atoms with E-state index in [1.807, 2.05) is 24.3 Å². The third-order valence-corrected chi connectivity index (χ3v) is 3.41. The van der Waals surface area contributed by atoms with Crippen molar-refractivity contribution in [3.05, 3.63) is 29.8 Å². The fourth-order valence-electron chi connectivity index (χ4n) is 2.39. The molecule has 0 aliphatic carbocycles. The number of hydrogen-bond acceptors (Lipinski definition) is 2. The molecule has 1 fully saturated rings. The number of aryl methyl sites for hydroxylation is 1. The van der Waals surface area contributed by atoms with Gasteiger partial charge in [0.15, 0.2) is 0 Å². The zero-order valence-electron chi connectivity index (χ0n) is 10.8. The summed E-state index contributed by atoms with van der Waals surface area (Å²) in [7, 11) is 1.61. The summed E-state index contributed by atoms with van der Waals surface area (Å²) in [6.07, 6.45) is 1.18. The van der Waals surface area contributed by atoms with E-state index in [-0.39, 0.29) is 17.7 Å². The van der Waals surface area contributed by atoms with E-state index >= 15 is 0 Å².